The lowest BCUT2D eigenvalue weighted by Crippen LogP contribution is -2.53. The SMILES string of the molecule is CCOc1ccc(N2CC=C[C@@H]3S[C@]45C=CCN(c6ccc(N(CC)CC)cc6)C(=O)C4N(CCCCO)C(=O)[C@@H]5[C@@H]3C2=O)cc1. The summed E-state index contributed by atoms with van der Waals surface area (Å²) in [6.07, 6.45) is 9.22. The smallest absolute Gasteiger partial charge is 0.251 e. The van der Waals surface area contributed by atoms with Gasteiger partial charge in [-0.15, -0.1) is 11.8 Å². The fourth-order valence-electron chi connectivity index (χ4n) is 7.56. The summed E-state index contributed by atoms with van der Waals surface area (Å²) in [5.41, 5.74) is 2.63. The lowest BCUT2D eigenvalue weighted by atomic mass is 9.78. The molecule has 4 aliphatic heterocycles. The second-order valence-corrected chi connectivity index (χ2v) is 13.6. The number of thioether (sulfide) groups is 1. The molecule has 0 radical (unpaired) electrons. The second-order valence-electron chi connectivity index (χ2n) is 12.1. The number of fused-ring (bicyclic) bond motifs is 2. The van der Waals surface area contributed by atoms with Crippen molar-refractivity contribution in [3.63, 3.8) is 0 Å². The van der Waals surface area contributed by atoms with Crippen LogP contribution in [0.5, 0.6) is 5.75 Å². The third-order valence-electron chi connectivity index (χ3n) is 9.72. The summed E-state index contributed by atoms with van der Waals surface area (Å²) in [5, 5.41) is 9.28. The van der Waals surface area contributed by atoms with Gasteiger partial charge >= 0.3 is 0 Å². The number of hydrogen-bond acceptors (Lipinski definition) is 7. The van der Waals surface area contributed by atoms with Crippen molar-refractivity contribution in [3.05, 3.63) is 72.8 Å². The lowest BCUT2D eigenvalue weighted by molar-refractivity contribution is -0.138. The van der Waals surface area contributed by atoms with Crippen molar-refractivity contribution in [2.45, 2.75) is 49.7 Å². The van der Waals surface area contributed by atoms with Gasteiger partial charge in [0, 0.05) is 61.6 Å². The van der Waals surface area contributed by atoms with Gasteiger partial charge in [0.05, 0.1) is 23.2 Å². The number of hydrogen-bond donors (Lipinski definition) is 1. The summed E-state index contributed by atoms with van der Waals surface area (Å²) >= 11 is 1.59. The number of benzene rings is 2. The highest BCUT2D eigenvalue weighted by Crippen LogP contribution is 2.61. The maximum atomic E-state index is 14.7. The number of ether oxygens (including phenoxy) is 1. The highest BCUT2D eigenvalue weighted by Gasteiger charge is 2.71. The monoisotopic (exact) mass is 644 g/mol. The largest absolute Gasteiger partial charge is 0.494 e. The zero-order valence-corrected chi connectivity index (χ0v) is 27.7. The molecule has 4 heterocycles. The summed E-state index contributed by atoms with van der Waals surface area (Å²) in [6, 6.07) is 14.8. The van der Waals surface area contributed by atoms with Crippen LogP contribution in [0.4, 0.5) is 17.1 Å². The topological polar surface area (TPSA) is 93.6 Å². The third-order valence-corrected chi connectivity index (χ3v) is 11.5. The minimum Gasteiger partial charge on any atom is -0.494 e. The Morgan fingerprint density at radius 3 is 2.17 bits per heavy atom. The van der Waals surface area contributed by atoms with Crippen LogP contribution in [0.25, 0.3) is 0 Å². The summed E-state index contributed by atoms with van der Waals surface area (Å²) in [5.74, 6) is -0.970. The molecule has 0 saturated carbocycles. The maximum absolute atomic E-state index is 14.7. The minimum absolute atomic E-state index is 0.0138. The molecular weight excluding hydrogens is 600 g/mol. The van der Waals surface area contributed by atoms with E-state index in [4.69, 9.17) is 4.74 Å². The Morgan fingerprint density at radius 1 is 0.870 bits per heavy atom. The normalized spacial score (nSPS) is 27.0. The number of likely N-dealkylation sites (tertiary alicyclic amines) is 1. The Hall–Kier alpha value is -3.76. The highest BCUT2D eigenvalue weighted by molar-refractivity contribution is 8.02. The lowest BCUT2D eigenvalue weighted by Gasteiger charge is -2.35. The molecule has 2 aromatic carbocycles. The molecule has 1 N–H and O–H groups in total. The van der Waals surface area contributed by atoms with Crippen LogP contribution in [-0.4, -0.2) is 89.7 Å². The predicted molar refractivity (Wildman–Crippen MR) is 184 cm³/mol. The van der Waals surface area contributed by atoms with Gasteiger partial charge in [-0.3, -0.25) is 14.4 Å². The Bertz CT molecular complexity index is 1490. The maximum Gasteiger partial charge on any atom is 0.251 e. The molecule has 2 aromatic rings. The van der Waals surface area contributed by atoms with Crippen LogP contribution in [0.1, 0.15) is 33.6 Å². The average Bonchev–Trinajstić information content (AvgIpc) is 3.37. The number of aliphatic hydroxyl groups is 1. The van der Waals surface area contributed by atoms with Crippen molar-refractivity contribution < 1.29 is 24.2 Å². The zero-order valence-electron chi connectivity index (χ0n) is 26.9. The van der Waals surface area contributed by atoms with Crippen LogP contribution >= 0.6 is 11.8 Å². The van der Waals surface area contributed by atoms with E-state index in [1.807, 2.05) is 67.6 Å². The molecule has 3 amide bonds. The van der Waals surface area contributed by atoms with Crippen LogP contribution in [-0.2, 0) is 14.4 Å². The number of carbonyl (C=O) groups excluding carboxylic acids is 3. The van der Waals surface area contributed by atoms with Crippen LogP contribution in [0.2, 0.25) is 0 Å². The number of anilines is 3. The quantitative estimate of drug-likeness (QED) is 0.284. The molecule has 1 spiro atoms. The number of carbonyl (C=O) groups is 3. The summed E-state index contributed by atoms with van der Waals surface area (Å²) in [6.45, 7) is 9.65. The average molecular weight is 645 g/mol. The molecule has 244 valence electrons. The molecule has 10 heteroatoms. The van der Waals surface area contributed by atoms with Gasteiger partial charge < -0.3 is 29.4 Å². The molecule has 6 rings (SSSR count). The van der Waals surface area contributed by atoms with E-state index in [0.717, 1.165) is 35.9 Å². The van der Waals surface area contributed by atoms with E-state index in [2.05, 4.69) is 30.9 Å². The van der Waals surface area contributed by atoms with Gasteiger partial charge in [0.2, 0.25) is 11.8 Å². The van der Waals surface area contributed by atoms with Crippen molar-refractivity contribution in [1.82, 2.24) is 4.90 Å². The second kappa shape index (κ2) is 13.5. The molecule has 0 aromatic heterocycles. The molecule has 0 aliphatic carbocycles. The molecule has 2 saturated heterocycles. The van der Waals surface area contributed by atoms with Crippen LogP contribution in [0.3, 0.4) is 0 Å². The minimum atomic E-state index is -0.888. The fourth-order valence-corrected chi connectivity index (χ4v) is 9.56. The summed E-state index contributed by atoms with van der Waals surface area (Å²) in [7, 11) is 0. The van der Waals surface area contributed by atoms with Gasteiger partial charge in [0.15, 0.2) is 0 Å². The first-order valence-electron chi connectivity index (χ1n) is 16.5. The van der Waals surface area contributed by atoms with Crippen LogP contribution in [0, 0.1) is 11.8 Å². The Morgan fingerprint density at radius 2 is 1.52 bits per heavy atom. The van der Waals surface area contributed by atoms with Crippen molar-refractivity contribution in [1.29, 1.82) is 0 Å². The molecule has 4 aliphatic rings. The van der Waals surface area contributed by atoms with E-state index >= 15 is 0 Å². The summed E-state index contributed by atoms with van der Waals surface area (Å²) in [4.78, 5) is 51.2. The number of amides is 3. The Kier molecular flexibility index (Phi) is 9.47. The van der Waals surface area contributed by atoms with Gasteiger partial charge in [0.25, 0.3) is 5.91 Å². The van der Waals surface area contributed by atoms with Gasteiger partial charge in [-0.25, -0.2) is 0 Å². The Labute approximate surface area is 275 Å². The van der Waals surface area contributed by atoms with Gasteiger partial charge in [-0.2, -0.15) is 0 Å². The first-order valence-corrected chi connectivity index (χ1v) is 17.4. The van der Waals surface area contributed by atoms with E-state index in [9.17, 15) is 19.5 Å². The summed E-state index contributed by atoms with van der Waals surface area (Å²) < 4.78 is 4.72. The van der Waals surface area contributed by atoms with Gasteiger partial charge in [-0.05, 0) is 82.1 Å². The van der Waals surface area contributed by atoms with E-state index in [1.54, 1.807) is 26.5 Å². The molecule has 1 unspecified atom stereocenters. The van der Waals surface area contributed by atoms with Crippen LogP contribution in [0.15, 0.2) is 72.8 Å². The highest BCUT2D eigenvalue weighted by atomic mass is 32.2. The van der Waals surface area contributed by atoms with E-state index < -0.39 is 22.6 Å². The number of rotatable bonds is 11. The first kappa shape index (κ1) is 32.2. The molecule has 2 fully saturated rings. The van der Waals surface area contributed by atoms with Crippen molar-refractivity contribution in [2.24, 2.45) is 11.8 Å². The van der Waals surface area contributed by atoms with E-state index in [-0.39, 0.29) is 29.6 Å². The van der Waals surface area contributed by atoms with Crippen LogP contribution < -0.4 is 19.4 Å². The first-order chi connectivity index (χ1) is 22.4. The fraction of sp³-hybridized carbons (Fsp3) is 0.472. The van der Waals surface area contributed by atoms with Gasteiger partial charge in [-0.1, -0.05) is 24.3 Å². The molecule has 5 atom stereocenters. The standard InChI is InChI=1S/C36H44N4O5S/c1-4-37(5-2)25-12-14-26(15-13-25)39-23-10-20-36-31(34(43)40(21-7-8-24-41)32(36)35(39)44)30-29(46-36)11-9-22-38(33(30)42)27-16-18-28(19-17-27)45-6-3/h9-20,29-32,41H,4-8,21-24H2,1-3H3/t29-,30+,31-,32?,36-/m0/s1. The molecule has 0 bridgehead atoms. The van der Waals surface area contributed by atoms with Crippen molar-refractivity contribution >= 4 is 46.5 Å². The zero-order chi connectivity index (χ0) is 32.4. The molecule has 46 heavy (non-hydrogen) atoms. The van der Waals surface area contributed by atoms with E-state index in [0.29, 0.717) is 39.1 Å². The number of unbranched alkanes of at least 4 members (excludes halogenated alkanes) is 1. The molecule has 9 nitrogen and oxygen atoms in total. The van der Waals surface area contributed by atoms with Crippen molar-refractivity contribution in [3.8, 4) is 5.75 Å². The predicted octanol–water partition coefficient (Wildman–Crippen LogP) is 4.51. The number of aliphatic hydroxyl groups excluding tert-OH is 1. The molecular formula is C36H44N4O5S. The third kappa shape index (κ3) is 5.49. The van der Waals surface area contributed by atoms with E-state index in [1.165, 1.54) is 0 Å². The number of nitrogens with zero attached hydrogens (tertiary/aromatic N) is 4. The van der Waals surface area contributed by atoms with Crippen molar-refractivity contribution in [2.75, 3.05) is 60.6 Å². The Balaban J connectivity index is 1.36. The van der Waals surface area contributed by atoms with Gasteiger partial charge in [0.1, 0.15) is 11.8 Å².